The zero-order chi connectivity index (χ0) is 29.8. The van der Waals surface area contributed by atoms with Crippen LogP contribution < -0.4 is 0 Å². The van der Waals surface area contributed by atoms with Crippen molar-refractivity contribution in [3.05, 3.63) is 65.7 Å². The number of halogens is 2. The lowest BCUT2D eigenvalue weighted by Gasteiger charge is -2.45. The second kappa shape index (κ2) is 12.9. The maximum absolute atomic E-state index is 13.6. The molecule has 4 rings (SSSR count). The number of hydrogen-bond acceptors (Lipinski definition) is 5. The largest absolute Gasteiger partial charge is 0.465 e. The van der Waals surface area contributed by atoms with Crippen molar-refractivity contribution in [3.63, 3.8) is 0 Å². The highest BCUT2D eigenvalue weighted by Crippen LogP contribution is 2.44. The fraction of sp³-hybridized carbons (Fsp3) is 0.533. The molecule has 0 radical (unpaired) electrons. The second-order valence-corrected chi connectivity index (χ2v) is 13.2. The predicted octanol–water partition coefficient (Wildman–Crippen LogP) is 4.85. The van der Waals surface area contributed by atoms with Gasteiger partial charge in [-0.15, -0.1) is 0 Å². The fourth-order valence-electron chi connectivity index (χ4n) is 6.04. The number of likely N-dealkylation sites (tertiary alicyclic amines) is 1. The lowest BCUT2D eigenvalue weighted by Crippen LogP contribution is -2.54. The van der Waals surface area contributed by atoms with E-state index in [9.17, 15) is 31.9 Å². The van der Waals surface area contributed by atoms with Crippen LogP contribution in [0.5, 0.6) is 0 Å². The van der Waals surface area contributed by atoms with E-state index >= 15 is 0 Å². The van der Waals surface area contributed by atoms with Crippen LogP contribution in [-0.2, 0) is 21.1 Å². The molecule has 1 heterocycles. The molecule has 8 nitrogen and oxygen atoms in total. The van der Waals surface area contributed by atoms with Crippen LogP contribution in [0.25, 0.3) is 0 Å². The Labute approximate surface area is 240 Å². The van der Waals surface area contributed by atoms with E-state index in [0.717, 1.165) is 43.3 Å². The van der Waals surface area contributed by atoms with Gasteiger partial charge in [0.25, 0.3) is 5.92 Å². The molecule has 0 aromatic heterocycles. The standard InChI is InChI=1S/C30H39F2N3O5S/c1-3-34(28(36)19-22-9-11-26(12-10-22)41(2,39)40)24-13-16-33(17-14-24)18-15-27(23-7-5-4-6-8-23)35(29(37)38)25-20-30(31,32)21-25/h4-12,24-25,27H,3,13-21H2,1-2H3,(H,37,38). The van der Waals surface area contributed by atoms with Crippen molar-refractivity contribution in [1.82, 2.24) is 14.7 Å². The van der Waals surface area contributed by atoms with Crippen LogP contribution in [0.15, 0.2) is 59.5 Å². The molecule has 1 saturated heterocycles. The number of piperidine rings is 1. The van der Waals surface area contributed by atoms with E-state index in [1.165, 1.54) is 17.0 Å². The molecule has 2 fully saturated rings. The molecule has 41 heavy (non-hydrogen) atoms. The van der Waals surface area contributed by atoms with Gasteiger partial charge >= 0.3 is 6.09 Å². The van der Waals surface area contributed by atoms with Gasteiger partial charge in [-0.2, -0.15) is 0 Å². The number of carbonyl (C=O) groups excluding carboxylic acids is 1. The van der Waals surface area contributed by atoms with E-state index in [1.807, 2.05) is 42.2 Å². The Bertz CT molecular complexity index is 1290. The Balaban J connectivity index is 1.34. The van der Waals surface area contributed by atoms with Crippen molar-refractivity contribution in [3.8, 4) is 0 Å². The molecule has 2 amide bonds. The van der Waals surface area contributed by atoms with Crippen LogP contribution in [0, 0.1) is 0 Å². The molecule has 1 N–H and O–H groups in total. The summed E-state index contributed by atoms with van der Waals surface area (Å²) in [5.74, 6) is -2.82. The molecular weight excluding hydrogens is 552 g/mol. The number of sulfone groups is 1. The zero-order valence-corrected chi connectivity index (χ0v) is 24.4. The molecule has 1 aliphatic carbocycles. The summed E-state index contributed by atoms with van der Waals surface area (Å²) in [7, 11) is -3.30. The minimum atomic E-state index is -3.30. The Hall–Kier alpha value is -3.05. The van der Waals surface area contributed by atoms with Crippen molar-refractivity contribution in [1.29, 1.82) is 0 Å². The summed E-state index contributed by atoms with van der Waals surface area (Å²) in [5, 5.41) is 9.98. The van der Waals surface area contributed by atoms with Crippen LogP contribution in [-0.4, -0.2) is 90.7 Å². The van der Waals surface area contributed by atoms with Crippen molar-refractivity contribution < 1.29 is 31.9 Å². The number of rotatable bonds is 11. The molecule has 2 aromatic carbocycles. The van der Waals surface area contributed by atoms with Crippen molar-refractivity contribution >= 4 is 21.8 Å². The van der Waals surface area contributed by atoms with Crippen LogP contribution in [0.2, 0.25) is 0 Å². The molecule has 11 heteroatoms. The summed E-state index contributed by atoms with van der Waals surface area (Å²) in [5.41, 5.74) is 1.56. The Morgan fingerprint density at radius 1 is 1.02 bits per heavy atom. The number of likely N-dealkylation sites (N-methyl/N-ethyl adjacent to an activating group) is 1. The number of alkyl halides is 2. The van der Waals surface area contributed by atoms with E-state index in [0.29, 0.717) is 19.5 Å². The Kier molecular flexibility index (Phi) is 9.69. The van der Waals surface area contributed by atoms with Crippen LogP contribution in [0.1, 0.15) is 56.2 Å². The molecule has 1 saturated carbocycles. The van der Waals surface area contributed by atoms with Gasteiger partial charge in [-0.1, -0.05) is 42.5 Å². The first-order valence-corrected chi connectivity index (χ1v) is 16.0. The van der Waals surface area contributed by atoms with Crippen LogP contribution in [0.4, 0.5) is 13.6 Å². The van der Waals surface area contributed by atoms with Gasteiger partial charge in [0.15, 0.2) is 9.84 Å². The maximum atomic E-state index is 13.6. The summed E-state index contributed by atoms with van der Waals surface area (Å²) in [6, 6.07) is 14.5. The van der Waals surface area contributed by atoms with Gasteiger partial charge in [-0.05, 0) is 49.4 Å². The number of nitrogens with zero attached hydrogens (tertiary/aromatic N) is 3. The maximum Gasteiger partial charge on any atom is 0.408 e. The second-order valence-electron chi connectivity index (χ2n) is 11.2. The van der Waals surface area contributed by atoms with E-state index in [1.54, 1.807) is 12.1 Å². The topological polar surface area (TPSA) is 98.2 Å². The van der Waals surface area contributed by atoms with Gasteiger partial charge in [0.2, 0.25) is 5.91 Å². The number of carbonyl (C=O) groups is 2. The molecule has 1 unspecified atom stereocenters. The summed E-state index contributed by atoms with van der Waals surface area (Å²) in [6.07, 6.45) is 1.32. The highest BCUT2D eigenvalue weighted by molar-refractivity contribution is 7.90. The molecule has 2 aliphatic rings. The third kappa shape index (κ3) is 7.82. The van der Waals surface area contributed by atoms with Crippen LogP contribution >= 0.6 is 0 Å². The lowest BCUT2D eigenvalue weighted by atomic mass is 9.85. The predicted molar refractivity (Wildman–Crippen MR) is 152 cm³/mol. The first kappa shape index (κ1) is 30.9. The van der Waals surface area contributed by atoms with Crippen LogP contribution in [0.3, 0.4) is 0 Å². The first-order valence-electron chi connectivity index (χ1n) is 14.1. The van der Waals surface area contributed by atoms with E-state index in [2.05, 4.69) is 4.90 Å². The molecular formula is C30H39F2N3O5S. The van der Waals surface area contributed by atoms with E-state index < -0.39 is 46.8 Å². The SMILES string of the molecule is CCN(C(=O)Cc1ccc(S(C)(=O)=O)cc1)C1CCN(CCC(c2ccccc2)N(C(=O)O)C2CC(F)(F)C2)CC1. The average Bonchev–Trinajstić information content (AvgIpc) is 2.91. The number of amides is 2. The van der Waals surface area contributed by atoms with Crippen molar-refractivity contribution in [2.75, 3.05) is 32.4 Å². The molecule has 0 spiro atoms. The molecule has 224 valence electrons. The Morgan fingerprint density at radius 3 is 2.15 bits per heavy atom. The fourth-order valence-corrected chi connectivity index (χ4v) is 6.67. The van der Waals surface area contributed by atoms with Gasteiger partial charge < -0.3 is 14.9 Å². The monoisotopic (exact) mass is 591 g/mol. The lowest BCUT2D eigenvalue weighted by molar-refractivity contribution is -0.133. The summed E-state index contributed by atoms with van der Waals surface area (Å²) in [4.78, 5) is 30.9. The van der Waals surface area contributed by atoms with Gasteiger partial charge in [-0.25, -0.2) is 22.0 Å². The van der Waals surface area contributed by atoms with Gasteiger partial charge in [0, 0.05) is 57.4 Å². The summed E-state index contributed by atoms with van der Waals surface area (Å²) in [6.45, 7) is 4.62. The molecule has 0 bridgehead atoms. The van der Waals surface area contributed by atoms with Gasteiger partial charge in [0.1, 0.15) is 0 Å². The molecule has 1 atom stereocenters. The molecule has 1 aliphatic heterocycles. The van der Waals surface area contributed by atoms with E-state index in [-0.39, 0.29) is 23.3 Å². The third-order valence-electron chi connectivity index (χ3n) is 8.29. The minimum Gasteiger partial charge on any atom is -0.465 e. The van der Waals surface area contributed by atoms with Gasteiger partial charge in [-0.3, -0.25) is 9.69 Å². The number of benzene rings is 2. The van der Waals surface area contributed by atoms with Crippen molar-refractivity contribution in [2.24, 2.45) is 0 Å². The zero-order valence-electron chi connectivity index (χ0n) is 23.6. The highest BCUT2D eigenvalue weighted by Gasteiger charge is 2.51. The van der Waals surface area contributed by atoms with Crippen molar-refractivity contribution in [2.45, 2.75) is 74.4 Å². The first-order chi connectivity index (χ1) is 19.4. The van der Waals surface area contributed by atoms with E-state index in [4.69, 9.17) is 0 Å². The number of carboxylic acid groups (broad SMARTS) is 1. The quantitative estimate of drug-likeness (QED) is 0.401. The summed E-state index contributed by atoms with van der Waals surface area (Å²) >= 11 is 0. The average molecular weight is 592 g/mol. The Morgan fingerprint density at radius 2 is 1.63 bits per heavy atom. The number of hydrogen-bond donors (Lipinski definition) is 1. The van der Waals surface area contributed by atoms with Gasteiger partial charge in [0.05, 0.1) is 17.4 Å². The highest BCUT2D eigenvalue weighted by atomic mass is 32.2. The third-order valence-corrected chi connectivity index (χ3v) is 9.42. The summed E-state index contributed by atoms with van der Waals surface area (Å²) < 4.78 is 50.7. The smallest absolute Gasteiger partial charge is 0.408 e. The minimum absolute atomic E-state index is 0.00315. The normalized spacial score (nSPS) is 18.8. The molecule has 2 aromatic rings.